The lowest BCUT2D eigenvalue weighted by Gasteiger charge is -2.22. The summed E-state index contributed by atoms with van der Waals surface area (Å²) in [6.07, 6.45) is 5.81. The summed E-state index contributed by atoms with van der Waals surface area (Å²) >= 11 is 1.91. The largest absolute Gasteiger partial charge is 0.399 e. The highest BCUT2D eigenvalue weighted by Crippen LogP contribution is 2.40. The molecule has 0 radical (unpaired) electrons. The van der Waals surface area contributed by atoms with Crippen molar-refractivity contribution in [2.75, 3.05) is 12.0 Å². The van der Waals surface area contributed by atoms with E-state index in [0.717, 1.165) is 29.0 Å². The monoisotopic (exact) mass is 277 g/mol. The number of aromatic nitrogens is 2. The number of rotatable bonds is 3. The number of hydrogen-bond acceptors (Lipinski definition) is 4. The third-order valence-corrected chi connectivity index (χ3v) is 5.14. The van der Waals surface area contributed by atoms with Crippen molar-refractivity contribution in [3.05, 3.63) is 24.0 Å². The highest BCUT2D eigenvalue weighted by atomic mass is 32.2. The molecule has 0 aliphatic heterocycles. The maximum absolute atomic E-state index is 9.59. The number of nitrogen functional groups attached to an aromatic ring is 1. The first kappa shape index (κ1) is 12.8. The average molecular weight is 277 g/mol. The molecule has 2 aromatic rings. The minimum absolute atomic E-state index is 0.0216. The summed E-state index contributed by atoms with van der Waals surface area (Å²) in [5, 5.41) is 10.2. The molecule has 0 saturated heterocycles. The van der Waals surface area contributed by atoms with Crippen LogP contribution in [-0.4, -0.2) is 26.2 Å². The molecule has 2 atom stereocenters. The summed E-state index contributed by atoms with van der Waals surface area (Å²) in [5.74, 6) is 0.756. The number of thioether (sulfide) groups is 1. The molecule has 2 unspecified atom stereocenters. The van der Waals surface area contributed by atoms with Gasteiger partial charge in [0.2, 0.25) is 0 Å². The molecule has 1 aromatic heterocycles. The number of aliphatic hydroxyl groups excluding tert-OH is 1. The zero-order chi connectivity index (χ0) is 13.4. The van der Waals surface area contributed by atoms with Crippen LogP contribution < -0.4 is 5.73 Å². The predicted molar refractivity (Wildman–Crippen MR) is 80.3 cm³/mol. The molecule has 0 bridgehead atoms. The fourth-order valence-corrected chi connectivity index (χ4v) is 4.10. The van der Waals surface area contributed by atoms with E-state index < -0.39 is 0 Å². The molecule has 4 nitrogen and oxygen atoms in total. The van der Waals surface area contributed by atoms with Gasteiger partial charge in [0, 0.05) is 17.0 Å². The third-order valence-electron chi connectivity index (χ3n) is 3.98. The van der Waals surface area contributed by atoms with Gasteiger partial charge in [-0.3, -0.25) is 0 Å². The van der Waals surface area contributed by atoms with Gasteiger partial charge in [-0.25, -0.2) is 4.98 Å². The van der Waals surface area contributed by atoms with E-state index in [9.17, 15) is 5.11 Å². The Labute approximate surface area is 117 Å². The van der Waals surface area contributed by atoms with Gasteiger partial charge in [0.25, 0.3) is 0 Å². The van der Waals surface area contributed by atoms with Crippen LogP contribution in [0.2, 0.25) is 0 Å². The standard InChI is InChI=1S/C14H19N3OS/c1-19-13-4-2-3-12(13)17-11-6-5-9(15)7-10(11)16-14(17)8-18/h5-7,12-13,18H,2-4,8,15H2,1H3. The number of hydrogen-bond donors (Lipinski definition) is 2. The van der Waals surface area contributed by atoms with Crippen LogP contribution in [0.25, 0.3) is 11.0 Å². The number of anilines is 1. The van der Waals surface area contributed by atoms with Crippen molar-refractivity contribution in [3.63, 3.8) is 0 Å². The number of aliphatic hydroxyl groups is 1. The first-order chi connectivity index (χ1) is 9.24. The van der Waals surface area contributed by atoms with Crippen LogP contribution in [0, 0.1) is 0 Å². The Morgan fingerprint density at radius 2 is 2.32 bits per heavy atom. The molecule has 3 rings (SSSR count). The molecule has 3 N–H and O–H groups in total. The molecule has 1 heterocycles. The molecule has 1 saturated carbocycles. The van der Waals surface area contributed by atoms with E-state index >= 15 is 0 Å². The summed E-state index contributed by atoms with van der Waals surface area (Å²) in [4.78, 5) is 4.53. The maximum atomic E-state index is 9.59. The van der Waals surface area contributed by atoms with Crippen LogP contribution in [0.15, 0.2) is 18.2 Å². The van der Waals surface area contributed by atoms with Crippen LogP contribution in [0.1, 0.15) is 31.1 Å². The molecule has 102 valence electrons. The number of fused-ring (bicyclic) bond motifs is 1. The lowest BCUT2D eigenvalue weighted by Crippen LogP contribution is -2.18. The van der Waals surface area contributed by atoms with Gasteiger partial charge in [-0.15, -0.1) is 0 Å². The van der Waals surface area contributed by atoms with E-state index in [2.05, 4.69) is 15.8 Å². The molecule has 1 aliphatic rings. The second kappa shape index (κ2) is 5.06. The topological polar surface area (TPSA) is 64.1 Å². The van der Waals surface area contributed by atoms with Crippen molar-refractivity contribution in [1.82, 2.24) is 9.55 Å². The van der Waals surface area contributed by atoms with E-state index in [1.165, 1.54) is 12.8 Å². The molecule has 19 heavy (non-hydrogen) atoms. The Balaban J connectivity index is 2.15. The minimum atomic E-state index is -0.0216. The van der Waals surface area contributed by atoms with Crippen molar-refractivity contribution in [1.29, 1.82) is 0 Å². The quantitative estimate of drug-likeness (QED) is 0.846. The van der Waals surface area contributed by atoms with Gasteiger partial charge in [0.1, 0.15) is 12.4 Å². The summed E-state index contributed by atoms with van der Waals surface area (Å²) in [7, 11) is 0. The Hall–Kier alpha value is -1.20. The van der Waals surface area contributed by atoms with E-state index in [4.69, 9.17) is 5.73 Å². The van der Waals surface area contributed by atoms with E-state index in [0.29, 0.717) is 11.3 Å². The summed E-state index contributed by atoms with van der Waals surface area (Å²) in [6, 6.07) is 6.25. The number of benzene rings is 1. The van der Waals surface area contributed by atoms with Crippen molar-refractivity contribution < 1.29 is 5.11 Å². The molecular weight excluding hydrogens is 258 g/mol. The maximum Gasteiger partial charge on any atom is 0.136 e. The van der Waals surface area contributed by atoms with Gasteiger partial charge in [-0.1, -0.05) is 6.42 Å². The third kappa shape index (κ3) is 2.11. The Bertz CT molecular complexity index is 596. The highest BCUT2D eigenvalue weighted by molar-refractivity contribution is 7.99. The highest BCUT2D eigenvalue weighted by Gasteiger charge is 2.30. The molecule has 1 aliphatic carbocycles. The minimum Gasteiger partial charge on any atom is -0.399 e. The normalized spacial score (nSPS) is 23.3. The van der Waals surface area contributed by atoms with Crippen LogP contribution in [0.5, 0.6) is 0 Å². The van der Waals surface area contributed by atoms with E-state index in [1.54, 1.807) is 0 Å². The van der Waals surface area contributed by atoms with Crippen molar-refractivity contribution in [3.8, 4) is 0 Å². The summed E-state index contributed by atoms with van der Waals surface area (Å²) < 4.78 is 2.23. The fraction of sp³-hybridized carbons (Fsp3) is 0.500. The second-order valence-corrected chi connectivity index (χ2v) is 6.15. The van der Waals surface area contributed by atoms with Crippen LogP contribution in [0.4, 0.5) is 5.69 Å². The lowest BCUT2D eigenvalue weighted by molar-refractivity contribution is 0.262. The average Bonchev–Trinajstić information content (AvgIpc) is 3.00. The summed E-state index contributed by atoms with van der Waals surface area (Å²) in [6.45, 7) is -0.0216. The Morgan fingerprint density at radius 3 is 3.05 bits per heavy atom. The molecule has 0 spiro atoms. The van der Waals surface area contributed by atoms with Gasteiger partial charge in [-0.05, 0) is 37.3 Å². The lowest BCUT2D eigenvalue weighted by atomic mass is 10.2. The number of nitrogens with zero attached hydrogens (tertiary/aromatic N) is 2. The Morgan fingerprint density at radius 1 is 1.47 bits per heavy atom. The zero-order valence-corrected chi connectivity index (χ0v) is 11.9. The van der Waals surface area contributed by atoms with E-state index in [-0.39, 0.29) is 6.61 Å². The molecule has 0 amide bonds. The number of nitrogens with two attached hydrogens (primary N) is 1. The first-order valence-electron chi connectivity index (χ1n) is 6.64. The van der Waals surface area contributed by atoms with E-state index in [1.807, 2.05) is 30.0 Å². The fourth-order valence-electron chi connectivity index (χ4n) is 3.12. The van der Waals surface area contributed by atoms with Gasteiger partial charge in [0.15, 0.2) is 0 Å². The predicted octanol–water partition coefficient (Wildman–Crippen LogP) is 2.57. The van der Waals surface area contributed by atoms with Crippen LogP contribution >= 0.6 is 11.8 Å². The number of imidazole rings is 1. The van der Waals surface area contributed by atoms with Crippen LogP contribution in [-0.2, 0) is 6.61 Å². The van der Waals surface area contributed by atoms with Gasteiger partial charge in [-0.2, -0.15) is 11.8 Å². The molecular formula is C14H19N3OS. The summed E-state index contributed by atoms with van der Waals surface area (Å²) in [5.41, 5.74) is 8.51. The van der Waals surface area contributed by atoms with Crippen LogP contribution in [0.3, 0.4) is 0 Å². The smallest absolute Gasteiger partial charge is 0.136 e. The van der Waals surface area contributed by atoms with Crippen molar-refractivity contribution >= 4 is 28.5 Å². The first-order valence-corrected chi connectivity index (χ1v) is 7.93. The van der Waals surface area contributed by atoms with Crippen molar-refractivity contribution in [2.45, 2.75) is 37.2 Å². The molecule has 1 fully saturated rings. The van der Waals surface area contributed by atoms with Gasteiger partial charge < -0.3 is 15.4 Å². The molecule has 1 aromatic carbocycles. The van der Waals surface area contributed by atoms with Gasteiger partial charge >= 0.3 is 0 Å². The zero-order valence-electron chi connectivity index (χ0n) is 11.0. The molecule has 5 heteroatoms. The SMILES string of the molecule is CSC1CCCC1n1c(CO)nc2cc(N)ccc21. The second-order valence-electron chi connectivity index (χ2n) is 5.08. The Kier molecular flexibility index (Phi) is 3.41. The van der Waals surface area contributed by atoms with Gasteiger partial charge in [0.05, 0.1) is 11.0 Å². The van der Waals surface area contributed by atoms with Crippen molar-refractivity contribution in [2.24, 2.45) is 0 Å².